The third-order valence-electron chi connectivity index (χ3n) is 6.49. The molecule has 0 radical (unpaired) electrons. The number of rotatable bonds is 4. The number of hydrogen-bond acceptors (Lipinski definition) is 5. The average Bonchev–Trinajstić information content (AvgIpc) is 3.34. The summed E-state index contributed by atoms with van der Waals surface area (Å²) in [6, 6.07) is 8.18. The van der Waals surface area contributed by atoms with E-state index in [9.17, 15) is 27.2 Å². The molecule has 1 saturated carbocycles. The fourth-order valence-electron chi connectivity index (χ4n) is 4.70. The quantitative estimate of drug-likeness (QED) is 0.427. The van der Waals surface area contributed by atoms with E-state index in [1.807, 2.05) is 6.07 Å². The minimum absolute atomic E-state index is 0.0994. The second kappa shape index (κ2) is 8.36. The molecule has 1 fully saturated rings. The predicted octanol–water partition coefficient (Wildman–Crippen LogP) is 4.97. The van der Waals surface area contributed by atoms with E-state index in [2.05, 4.69) is 20.9 Å². The highest BCUT2D eigenvalue weighted by atomic mass is 19.4. The fraction of sp³-hybridized carbons (Fsp3) is 0.240. The number of pyridine rings is 1. The van der Waals surface area contributed by atoms with Gasteiger partial charge >= 0.3 is 12.2 Å². The van der Waals surface area contributed by atoms with Crippen molar-refractivity contribution in [3.63, 3.8) is 0 Å². The number of halogens is 4. The fourth-order valence-corrected chi connectivity index (χ4v) is 4.70. The number of fused-ring (bicyclic) bond motifs is 4. The molecule has 6 rings (SSSR count). The summed E-state index contributed by atoms with van der Waals surface area (Å²) < 4.78 is 64.0. The van der Waals surface area contributed by atoms with Crippen LogP contribution in [0.2, 0.25) is 0 Å². The van der Waals surface area contributed by atoms with Crippen LogP contribution in [0.25, 0.3) is 0 Å². The molecule has 1 aromatic heterocycles. The number of nitrogens with zero attached hydrogens (tertiary/aromatic N) is 1. The summed E-state index contributed by atoms with van der Waals surface area (Å²) in [4.78, 5) is 28.2. The first-order chi connectivity index (χ1) is 17.7. The highest BCUT2D eigenvalue weighted by molar-refractivity contribution is 5.93. The van der Waals surface area contributed by atoms with E-state index >= 15 is 0 Å². The lowest BCUT2D eigenvalue weighted by atomic mass is 10.1. The van der Waals surface area contributed by atoms with Crippen LogP contribution in [0, 0.1) is 5.82 Å². The van der Waals surface area contributed by atoms with Crippen molar-refractivity contribution in [1.29, 1.82) is 0 Å². The van der Waals surface area contributed by atoms with Gasteiger partial charge in [-0.2, -0.15) is 13.2 Å². The molecule has 190 valence electrons. The van der Waals surface area contributed by atoms with Gasteiger partial charge in [-0.3, -0.25) is 4.79 Å². The van der Waals surface area contributed by atoms with Crippen LogP contribution in [0.5, 0.6) is 17.2 Å². The number of aromatic nitrogens is 1. The number of anilines is 2. The van der Waals surface area contributed by atoms with Crippen molar-refractivity contribution in [3.8, 4) is 17.2 Å². The zero-order chi connectivity index (χ0) is 25.9. The summed E-state index contributed by atoms with van der Waals surface area (Å²) in [5.74, 6) is 0.546. The second-order valence-electron chi connectivity index (χ2n) is 8.91. The first-order valence-electron chi connectivity index (χ1n) is 11.4. The van der Waals surface area contributed by atoms with Crippen molar-refractivity contribution < 1.29 is 36.6 Å². The molecular weight excluding hydrogens is 496 g/mol. The molecule has 0 spiro atoms. The Morgan fingerprint density at radius 1 is 1.14 bits per heavy atom. The summed E-state index contributed by atoms with van der Waals surface area (Å²) in [5, 5.41) is 7.79. The van der Waals surface area contributed by atoms with Gasteiger partial charge in [-0.25, -0.2) is 14.2 Å². The van der Waals surface area contributed by atoms with E-state index < -0.39 is 23.6 Å². The first kappa shape index (κ1) is 23.1. The number of urea groups is 1. The van der Waals surface area contributed by atoms with Crippen LogP contribution in [0.4, 0.5) is 33.9 Å². The van der Waals surface area contributed by atoms with Gasteiger partial charge in [0.25, 0.3) is 0 Å². The molecule has 3 N–H and O–H groups in total. The Hall–Kier alpha value is -4.35. The molecule has 2 aliphatic heterocycles. The van der Waals surface area contributed by atoms with Crippen LogP contribution >= 0.6 is 0 Å². The maximum Gasteiger partial charge on any atom is 0.419 e. The van der Waals surface area contributed by atoms with E-state index in [0.717, 1.165) is 17.2 Å². The number of carbonyl (C=O) groups excluding carboxylic acids is 2. The third kappa shape index (κ3) is 4.28. The van der Waals surface area contributed by atoms with Crippen LogP contribution < -0.4 is 25.4 Å². The van der Waals surface area contributed by atoms with Crippen molar-refractivity contribution >= 4 is 23.4 Å². The number of alkyl halides is 3. The molecule has 0 saturated heterocycles. The molecular formula is C25H18F4N4O4. The second-order valence-corrected chi connectivity index (χ2v) is 8.91. The van der Waals surface area contributed by atoms with Gasteiger partial charge < -0.3 is 25.4 Å². The summed E-state index contributed by atoms with van der Waals surface area (Å²) in [6.45, 7) is 0. The van der Waals surface area contributed by atoms with Crippen LogP contribution in [-0.2, 0) is 17.4 Å². The lowest BCUT2D eigenvalue weighted by Crippen LogP contribution is -2.34. The molecule has 3 atom stereocenters. The van der Waals surface area contributed by atoms with E-state index in [0.29, 0.717) is 48.0 Å². The lowest BCUT2D eigenvalue weighted by Gasteiger charge is -2.19. The smallest absolute Gasteiger partial charge is 0.419 e. The van der Waals surface area contributed by atoms with Crippen molar-refractivity contribution in [2.45, 2.75) is 37.1 Å². The average molecular weight is 514 g/mol. The maximum absolute atomic E-state index is 13.8. The molecule has 3 unspecified atom stereocenters. The highest BCUT2D eigenvalue weighted by Crippen LogP contribution is 2.54. The molecule has 3 aliphatic rings. The molecule has 3 heterocycles. The van der Waals surface area contributed by atoms with Gasteiger partial charge in [-0.05, 0) is 48.9 Å². The molecule has 0 bridgehead atoms. The zero-order valence-corrected chi connectivity index (χ0v) is 18.9. The maximum atomic E-state index is 13.8. The van der Waals surface area contributed by atoms with Crippen molar-refractivity contribution in [2.24, 2.45) is 0 Å². The normalized spacial score (nSPS) is 21.1. The Kier molecular flexibility index (Phi) is 5.21. The molecule has 3 amide bonds. The summed E-state index contributed by atoms with van der Waals surface area (Å²) in [5.41, 5.74) is 0.126. The van der Waals surface area contributed by atoms with Gasteiger partial charge in [0.1, 0.15) is 35.0 Å². The van der Waals surface area contributed by atoms with Crippen LogP contribution in [0.3, 0.4) is 0 Å². The van der Waals surface area contributed by atoms with E-state index in [1.54, 1.807) is 24.4 Å². The van der Waals surface area contributed by atoms with Gasteiger partial charge in [0, 0.05) is 29.4 Å². The third-order valence-corrected chi connectivity index (χ3v) is 6.49. The summed E-state index contributed by atoms with van der Waals surface area (Å²) in [6.07, 6.45) is -2.73. The number of carbonyl (C=O) groups is 2. The summed E-state index contributed by atoms with van der Waals surface area (Å²) in [7, 11) is 0. The first-order valence-corrected chi connectivity index (χ1v) is 11.4. The minimum atomic E-state index is -4.82. The topological polar surface area (TPSA) is 102 Å². The molecule has 2 aromatic carbocycles. The van der Waals surface area contributed by atoms with Crippen LogP contribution in [-0.4, -0.2) is 29.1 Å². The Balaban J connectivity index is 1.12. The lowest BCUT2D eigenvalue weighted by molar-refractivity contribution is -0.140. The number of nitrogens with one attached hydrogen (secondary N) is 3. The Bertz CT molecular complexity index is 1440. The zero-order valence-electron chi connectivity index (χ0n) is 18.9. The standard InChI is InChI=1S/C25H18F4N4O4/c26-16-9-11(1-4-15(16)25(27,28)29)31-24(35)33-21-20-14-10-12(2-5-17(14)37-22(20)21)36-18-7-8-30-23-13(18)3-6-19(34)32-23/h1-2,4-5,7-10,20-22H,3,6H2,(H,30,32,34)(H2,31,33,35). The summed E-state index contributed by atoms with van der Waals surface area (Å²) >= 11 is 0. The Labute approximate surface area is 207 Å². The van der Waals surface area contributed by atoms with Gasteiger partial charge in [-0.1, -0.05) is 0 Å². The van der Waals surface area contributed by atoms with Gasteiger partial charge in [-0.15, -0.1) is 0 Å². The Morgan fingerprint density at radius 3 is 2.76 bits per heavy atom. The van der Waals surface area contributed by atoms with Crippen LogP contribution in [0.15, 0.2) is 48.7 Å². The van der Waals surface area contributed by atoms with E-state index in [-0.39, 0.29) is 29.7 Å². The van der Waals surface area contributed by atoms with E-state index in [4.69, 9.17) is 9.47 Å². The Morgan fingerprint density at radius 2 is 1.97 bits per heavy atom. The van der Waals surface area contributed by atoms with Crippen molar-refractivity contribution in [2.75, 3.05) is 10.6 Å². The van der Waals surface area contributed by atoms with Gasteiger partial charge in [0.05, 0.1) is 17.5 Å². The largest absolute Gasteiger partial charge is 0.487 e. The van der Waals surface area contributed by atoms with E-state index in [1.165, 1.54) is 0 Å². The number of ether oxygens (including phenoxy) is 2. The highest BCUT2D eigenvalue weighted by Gasteiger charge is 2.59. The molecule has 37 heavy (non-hydrogen) atoms. The van der Waals surface area contributed by atoms with Crippen molar-refractivity contribution in [3.05, 3.63) is 71.2 Å². The number of hydrogen-bond donors (Lipinski definition) is 3. The number of amides is 3. The molecule has 12 heteroatoms. The molecule has 1 aliphatic carbocycles. The van der Waals surface area contributed by atoms with Gasteiger partial charge in [0.2, 0.25) is 5.91 Å². The van der Waals surface area contributed by atoms with Crippen LogP contribution in [0.1, 0.15) is 29.0 Å². The predicted molar refractivity (Wildman–Crippen MR) is 122 cm³/mol. The molecule has 3 aromatic rings. The number of benzene rings is 2. The monoisotopic (exact) mass is 514 g/mol. The molecule has 8 nitrogen and oxygen atoms in total. The van der Waals surface area contributed by atoms with Gasteiger partial charge in [0.15, 0.2) is 0 Å². The van der Waals surface area contributed by atoms with Crippen molar-refractivity contribution in [1.82, 2.24) is 10.3 Å². The SMILES string of the molecule is O=C1CCc2c(Oc3ccc4c(c3)C3C(NC(=O)Nc5ccc(C(F)(F)F)c(F)c5)C3O4)ccnc2N1. The minimum Gasteiger partial charge on any atom is -0.487 e.